The normalized spacial score (nSPS) is 12.2. The third kappa shape index (κ3) is 6.57. The number of hydrogen-bond donors (Lipinski definition) is 1. The van der Waals surface area contributed by atoms with Crippen LogP contribution in [0.5, 0.6) is 0 Å². The highest BCUT2D eigenvalue weighted by Gasteiger charge is 2.10. The van der Waals surface area contributed by atoms with E-state index in [9.17, 15) is 4.79 Å². The molecule has 0 saturated carbocycles. The van der Waals surface area contributed by atoms with Crippen molar-refractivity contribution in [1.29, 1.82) is 0 Å². The van der Waals surface area contributed by atoms with Gasteiger partial charge in [0.1, 0.15) is 0 Å². The van der Waals surface area contributed by atoms with Gasteiger partial charge in [0.05, 0.1) is 6.61 Å². The maximum Gasteiger partial charge on any atom is 0.334 e. The Kier molecular flexibility index (Phi) is 8.52. The van der Waals surface area contributed by atoms with Crippen LogP contribution in [0.25, 0.3) is 0 Å². The first kappa shape index (κ1) is 14.5. The Hall–Kier alpha value is -0.480. The van der Waals surface area contributed by atoms with E-state index < -0.39 is 0 Å². The van der Waals surface area contributed by atoms with Gasteiger partial charge in [-0.05, 0) is 19.6 Å². The number of esters is 1. The monoisotopic (exact) mass is 231 g/mol. The highest BCUT2D eigenvalue weighted by Crippen LogP contribution is 2.02. The van der Waals surface area contributed by atoms with E-state index >= 15 is 0 Å². The Morgan fingerprint density at radius 3 is 2.67 bits per heavy atom. The smallest absolute Gasteiger partial charge is 0.334 e. The van der Waals surface area contributed by atoms with Gasteiger partial charge in [0.25, 0.3) is 0 Å². The molecule has 3 nitrogen and oxygen atoms in total. The minimum Gasteiger partial charge on any atom is -0.463 e. The van der Waals surface area contributed by atoms with Gasteiger partial charge in [0, 0.05) is 23.9 Å². The molecule has 4 heteroatoms. The second kappa shape index (κ2) is 8.80. The third-order valence-electron chi connectivity index (χ3n) is 2.03. The van der Waals surface area contributed by atoms with Crippen molar-refractivity contribution in [2.75, 3.05) is 25.2 Å². The molecule has 0 heterocycles. The first-order chi connectivity index (χ1) is 7.15. The molecule has 0 saturated heterocycles. The molecule has 1 atom stereocenters. The molecule has 0 aliphatic heterocycles. The second-order valence-corrected chi connectivity index (χ2v) is 4.18. The van der Waals surface area contributed by atoms with Crippen LogP contribution in [-0.2, 0) is 9.53 Å². The summed E-state index contributed by atoms with van der Waals surface area (Å²) in [7, 11) is 0. The molecular weight excluding hydrogens is 210 g/mol. The summed E-state index contributed by atoms with van der Waals surface area (Å²) < 4.78 is 4.85. The molecule has 0 rings (SSSR count). The zero-order chi connectivity index (χ0) is 11.7. The minimum atomic E-state index is -0.302. The van der Waals surface area contributed by atoms with E-state index in [-0.39, 0.29) is 5.97 Å². The fourth-order valence-electron chi connectivity index (χ4n) is 1.10. The summed E-state index contributed by atoms with van der Waals surface area (Å²) in [5, 5.41) is 3.29. The number of ether oxygens (including phenoxy) is 1. The second-order valence-electron chi connectivity index (χ2n) is 3.27. The first-order valence-electron chi connectivity index (χ1n) is 5.22. The van der Waals surface area contributed by atoms with E-state index in [1.807, 2.05) is 0 Å². The fraction of sp³-hybridized carbons (Fsp3) is 0.727. The number of hydrogen-bond acceptors (Lipinski definition) is 4. The van der Waals surface area contributed by atoms with Crippen molar-refractivity contribution in [1.82, 2.24) is 5.32 Å². The van der Waals surface area contributed by atoms with Crippen molar-refractivity contribution < 1.29 is 9.53 Å². The molecule has 0 fully saturated rings. The Bertz CT molecular complexity index is 207. The summed E-state index contributed by atoms with van der Waals surface area (Å²) >= 11 is 1.80. The molecule has 0 aromatic rings. The van der Waals surface area contributed by atoms with Gasteiger partial charge in [-0.2, -0.15) is 11.8 Å². The molecule has 88 valence electrons. The summed E-state index contributed by atoms with van der Waals surface area (Å²) in [6.07, 6.45) is 3.13. The molecule has 0 amide bonds. The average molecular weight is 231 g/mol. The molecule has 0 aromatic heterocycles. The van der Waals surface area contributed by atoms with Crippen molar-refractivity contribution in [2.24, 2.45) is 0 Å². The van der Waals surface area contributed by atoms with Crippen molar-refractivity contribution >= 4 is 17.7 Å². The van der Waals surface area contributed by atoms with Crippen molar-refractivity contribution in [3.63, 3.8) is 0 Å². The molecular formula is C11H21NO2S. The van der Waals surface area contributed by atoms with Gasteiger partial charge in [-0.1, -0.05) is 13.5 Å². The van der Waals surface area contributed by atoms with Gasteiger partial charge >= 0.3 is 5.97 Å². The molecule has 0 aromatic carbocycles. The highest BCUT2D eigenvalue weighted by molar-refractivity contribution is 7.98. The summed E-state index contributed by atoms with van der Waals surface area (Å²) in [4.78, 5) is 11.2. The van der Waals surface area contributed by atoms with Crippen LogP contribution < -0.4 is 5.32 Å². The van der Waals surface area contributed by atoms with Crippen LogP contribution in [0, 0.1) is 0 Å². The predicted molar refractivity (Wildman–Crippen MR) is 66.2 cm³/mol. The van der Waals surface area contributed by atoms with Gasteiger partial charge in [-0.25, -0.2) is 4.79 Å². The van der Waals surface area contributed by atoms with E-state index in [0.717, 1.165) is 12.2 Å². The van der Waals surface area contributed by atoms with Crippen molar-refractivity contribution in [3.8, 4) is 0 Å². The standard InChI is InChI=1S/C11H21NO2S/c1-5-10(8-15-4)12-7-9(3)11(13)14-6-2/h10,12H,3,5-8H2,1-2,4H3. The Balaban J connectivity index is 3.81. The first-order valence-corrected chi connectivity index (χ1v) is 6.62. The Morgan fingerprint density at radius 1 is 1.53 bits per heavy atom. The molecule has 0 bridgehead atoms. The topological polar surface area (TPSA) is 38.3 Å². The molecule has 0 aliphatic rings. The fourth-order valence-corrected chi connectivity index (χ4v) is 1.85. The van der Waals surface area contributed by atoms with E-state index in [1.165, 1.54) is 0 Å². The Labute approximate surface area is 96.6 Å². The van der Waals surface area contributed by atoms with E-state index in [0.29, 0.717) is 24.8 Å². The van der Waals surface area contributed by atoms with Crippen molar-refractivity contribution in [2.45, 2.75) is 26.3 Å². The van der Waals surface area contributed by atoms with Gasteiger partial charge in [-0.3, -0.25) is 0 Å². The predicted octanol–water partition coefficient (Wildman–Crippen LogP) is 1.84. The minimum absolute atomic E-state index is 0.302. The lowest BCUT2D eigenvalue weighted by Crippen LogP contribution is -2.33. The number of thioether (sulfide) groups is 1. The van der Waals surface area contributed by atoms with Crippen LogP contribution in [0.1, 0.15) is 20.3 Å². The van der Waals surface area contributed by atoms with Crippen LogP contribution in [0.15, 0.2) is 12.2 Å². The lowest BCUT2D eigenvalue weighted by atomic mass is 10.2. The van der Waals surface area contributed by atoms with Crippen LogP contribution in [0.2, 0.25) is 0 Å². The SMILES string of the molecule is C=C(CNC(CC)CSC)C(=O)OCC. The number of nitrogens with one attached hydrogen (secondary N) is 1. The van der Waals surface area contributed by atoms with Crippen LogP contribution in [-0.4, -0.2) is 37.2 Å². The molecule has 15 heavy (non-hydrogen) atoms. The number of carbonyl (C=O) groups is 1. The quantitative estimate of drug-likeness (QED) is 0.511. The van der Waals surface area contributed by atoms with Crippen LogP contribution in [0.3, 0.4) is 0 Å². The summed E-state index contributed by atoms with van der Waals surface area (Å²) in [5.41, 5.74) is 0.497. The van der Waals surface area contributed by atoms with Crippen LogP contribution >= 0.6 is 11.8 Å². The molecule has 1 N–H and O–H groups in total. The number of rotatable bonds is 8. The zero-order valence-electron chi connectivity index (χ0n) is 9.84. The highest BCUT2D eigenvalue weighted by atomic mass is 32.2. The zero-order valence-corrected chi connectivity index (χ0v) is 10.7. The van der Waals surface area contributed by atoms with E-state index in [4.69, 9.17) is 4.74 Å². The van der Waals surface area contributed by atoms with Gasteiger partial charge in [0.2, 0.25) is 0 Å². The maximum absolute atomic E-state index is 11.2. The number of carbonyl (C=O) groups excluding carboxylic acids is 1. The van der Waals surface area contributed by atoms with E-state index in [2.05, 4.69) is 25.1 Å². The summed E-state index contributed by atoms with van der Waals surface area (Å²) in [6.45, 7) is 8.53. The average Bonchev–Trinajstić information content (AvgIpc) is 2.24. The lowest BCUT2D eigenvalue weighted by Gasteiger charge is -2.16. The summed E-state index contributed by atoms with van der Waals surface area (Å²) in [6, 6.07) is 0.436. The lowest BCUT2D eigenvalue weighted by molar-refractivity contribution is -0.138. The largest absolute Gasteiger partial charge is 0.463 e. The maximum atomic E-state index is 11.2. The van der Waals surface area contributed by atoms with Gasteiger partial charge < -0.3 is 10.1 Å². The Morgan fingerprint density at radius 2 is 2.20 bits per heavy atom. The third-order valence-corrected chi connectivity index (χ3v) is 2.76. The molecule has 0 aliphatic carbocycles. The molecule has 0 spiro atoms. The van der Waals surface area contributed by atoms with E-state index in [1.54, 1.807) is 18.7 Å². The summed E-state index contributed by atoms with van der Waals surface area (Å²) in [5.74, 6) is 0.746. The van der Waals surface area contributed by atoms with Crippen molar-refractivity contribution in [3.05, 3.63) is 12.2 Å². The molecule has 0 radical (unpaired) electrons. The van der Waals surface area contributed by atoms with Gasteiger partial charge in [0.15, 0.2) is 0 Å². The van der Waals surface area contributed by atoms with Gasteiger partial charge in [-0.15, -0.1) is 0 Å². The van der Waals surface area contributed by atoms with Crippen LogP contribution in [0.4, 0.5) is 0 Å². The molecule has 1 unspecified atom stereocenters.